The van der Waals surface area contributed by atoms with Crippen LogP contribution in [0.5, 0.6) is 0 Å². The van der Waals surface area contributed by atoms with Gasteiger partial charge in [0.1, 0.15) is 0 Å². The Morgan fingerprint density at radius 2 is 2.00 bits per heavy atom. The van der Waals surface area contributed by atoms with E-state index in [4.69, 9.17) is 4.74 Å². The highest BCUT2D eigenvalue weighted by Crippen LogP contribution is 2.28. The van der Waals surface area contributed by atoms with Crippen LogP contribution >= 0.6 is 0 Å². The number of esters is 1. The van der Waals surface area contributed by atoms with Crippen molar-refractivity contribution in [2.75, 3.05) is 6.61 Å². The van der Waals surface area contributed by atoms with E-state index in [2.05, 4.69) is 4.98 Å². The summed E-state index contributed by atoms with van der Waals surface area (Å²) in [6, 6.07) is 9.61. The Labute approximate surface area is 112 Å². The van der Waals surface area contributed by atoms with E-state index in [1.54, 1.807) is 13.8 Å². The van der Waals surface area contributed by atoms with Gasteiger partial charge in [0, 0.05) is 11.3 Å². The van der Waals surface area contributed by atoms with Gasteiger partial charge in [-0.2, -0.15) is 0 Å². The predicted octanol–water partition coefficient (Wildman–Crippen LogP) is 2.66. The number of rotatable bonds is 4. The molecule has 0 aliphatic rings. The number of hydrogen-bond donors (Lipinski definition) is 2. The van der Waals surface area contributed by atoms with Crippen LogP contribution in [-0.4, -0.2) is 22.7 Å². The van der Waals surface area contributed by atoms with Crippen LogP contribution in [-0.2, 0) is 11.3 Å². The number of H-pyrrole nitrogens is 1. The standard InChI is InChI=1S/C15H17NO3/c1-3-19-15(18)13-10(2)16-14(12(13)9-17)11-7-5-4-6-8-11/h4-8,16-17H,3,9H2,1-2H3. The fraction of sp³-hybridized carbons (Fsp3) is 0.267. The zero-order valence-corrected chi connectivity index (χ0v) is 11.1. The molecule has 2 aromatic rings. The molecule has 0 amide bonds. The normalized spacial score (nSPS) is 10.5. The van der Waals surface area contributed by atoms with Crippen molar-refractivity contribution in [2.24, 2.45) is 0 Å². The Bertz CT molecular complexity index is 573. The van der Waals surface area contributed by atoms with Gasteiger partial charge in [0.05, 0.1) is 24.5 Å². The molecule has 4 nitrogen and oxygen atoms in total. The quantitative estimate of drug-likeness (QED) is 0.830. The number of aromatic nitrogens is 1. The molecule has 2 rings (SSSR count). The van der Waals surface area contributed by atoms with Crippen molar-refractivity contribution in [1.82, 2.24) is 4.98 Å². The molecule has 19 heavy (non-hydrogen) atoms. The van der Waals surface area contributed by atoms with Crippen LogP contribution in [0.25, 0.3) is 11.3 Å². The Kier molecular flexibility index (Phi) is 4.02. The van der Waals surface area contributed by atoms with Gasteiger partial charge < -0.3 is 14.8 Å². The van der Waals surface area contributed by atoms with Crippen LogP contribution in [0.1, 0.15) is 28.5 Å². The number of ether oxygens (including phenoxy) is 1. The molecular formula is C15H17NO3. The van der Waals surface area contributed by atoms with Crippen LogP contribution in [0, 0.1) is 6.92 Å². The fourth-order valence-corrected chi connectivity index (χ4v) is 2.17. The van der Waals surface area contributed by atoms with Gasteiger partial charge in [0.15, 0.2) is 0 Å². The lowest BCUT2D eigenvalue weighted by molar-refractivity contribution is 0.0522. The molecule has 0 spiro atoms. The van der Waals surface area contributed by atoms with Gasteiger partial charge in [-0.1, -0.05) is 30.3 Å². The van der Waals surface area contributed by atoms with Gasteiger partial charge in [0.25, 0.3) is 0 Å². The summed E-state index contributed by atoms with van der Waals surface area (Å²) >= 11 is 0. The molecule has 0 radical (unpaired) electrons. The highest BCUT2D eigenvalue weighted by atomic mass is 16.5. The fourth-order valence-electron chi connectivity index (χ4n) is 2.17. The largest absolute Gasteiger partial charge is 0.462 e. The lowest BCUT2D eigenvalue weighted by Gasteiger charge is -2.05. The van der Waals surface area contributed by atoms with Crippen LogP contribution in [0.3, 0.4) is 0 Å². The van der Waals surface area contributed by atoms with E-state index in [-0.39, 0.29) is 6.61 Å². The monoisotopic (exact) mass is 259 g/mol. The van der Waals surface area contributed by atoms with Crippen LogP contribution in [0.2, 0.25) is 0 Å². The predicted molar refractivity (Wildman–Crippen MR) is 72.8 cm³/mol. The van der Waals surface area contributed by atoms with Crippen molar-refractivity contribution in [3.63, 3.8) is 0 Å². The molecule has 1 aromatic heterocycles. The van der Waals surface area contributed by atoms with Crippen molar-refractivity contribution in [2.45, 2.75) is 20.5 Å². The highest BCUT2D eigenvalue weighted by molar-refractivity contribution is 5.95. The topological polar surface area (TPSA) is 62.3 Å². The van der Waals surface area contributed by atoms with Crippen LogP contribution < -0.4 is 0 Å². The molecule has 0 atom stereocenters. The number of aliphatic hydroxyl groups is 1. The first-order valence-electron chi connectivity index (χ1n) is 6.23. The number of nitrogens with one attached hydrogen (secondary N) is 1. The Balaban J connectivity index is 2.53. The molecule has 0 saturated carbocycles. The minimum absolute atomic E-state index is 0.206. The van der Waals surface area contributed by atoms with Gasteiger partial charge in [-0.3, -0.25) is 0 Å². The van der Waals surface area contributed by atoms with Gasteiger partial charge in [-0.15, -0.1) is 0 Å². The van der Waals surface area contributed by atoms with Crippen LogP contribution in [0.4, 0.5) is 0 Å². The van der Waals surface area contributed by atoms with Gasteiger partial charge >= 0.3 is 5.97 Å². The summed E-state index contributed by atoms with van der Waals surface area (Å²) in [7, 11) is 0. The first-order valence-corrected chi connectivity index (χ1v) is 6.23. The molecule has 0 aliphatic carbocycles. The third-order valence-electron chi connectivity index (χ3n) is 2.99. The number of aryl methyl sites for hydroxylation is 1. The number of aliphatic hydroxyl groups excluding tert-OH is 1. The molecule has 0 bridgehead atoms. The van der Waals surface area contributed by atoms with E-state index in [0.29, 0.717) is 23.4 Å². The second kappa shape index (κ2) is 5.71. The summed E-state index contributed by atoms with van der Waals surface area (Å²) in [6.07, 6.45) is 0. The highest BCUT2D eigenvalue weighted by Gasteiger charge is 2.22. The molecule has 0 aliphatic heterocycles. The molecule has 0 fully saturated rings. The van der Waals surface area contributed by atoms with E-state index in [1.807, 2.05) is 30.3 Å². The number of carbonyl (C=O) groups is 1. The molecule has 0 saturated heterocycles. The van der Waals surface area contributed by atoms with E-state index < -0.39 is 5.97 Å². The van der Waals surface area contributed by atoms with E-state index in [0.717, 1.165) is 11.3 Å². The van der Waals surface area contributed by atoms with Crippen molar-refractivity contribution in [3.8, 4) is 11.3 Å². The SMILES string of the molecule is CCOC(=O)c1c(C)[nH]c(-c2ccccc2)c1CO. The molecule has 0 unspecified atom stereocenters. The first-order chi connectivity index (χ1) is 9.19. The summed E-state index contributed by atoms with van der Waals surface area (Å²) in [6.45, 7) is 3.67. The maximum Gasteiger partial charge on any atom is 0.340 e. The summed E-state index contributed by atoms with van der Waals surface area (Å²) in [4.78, 5) is 15.1. The van der Waals surface area contributed by atoms with Gasteiger partial charge in [0.2, 0.25) is 0 Å². The first kappa shape index (κ1) is 13.4. The second-order valence-corrected chi connectivity index (χ2v) is 4.22. The van der Waals surface area contributed by atoms with Gasteiger partial charge in [-0.05, 0) is 19.4 Å². The Morgan fingerprint density at radius 3 is 2.58 bits per heavy atom. The number of aromatic amines is 1. The Hall–Kier alpha value is -2.07. The molecule has 2 N–H and O–H groups in total. The smallest absolute Gasteiger partial charge is 0.340 e. The van der Waals surface area contributed by atoms with E-state index >= 15 is 0 Å². The van der Waals surface area contributed by atoms with E-state index in [9.17, 15) is 9.90 Å². The lowest BCUT2D eigenvalue weighted by atomic mass is 10.0. The number of carbonyl (C=O) groups excluding carboxylic acids is 1. The average Bonchev–Trinajstić information content (AvgIpc) is 2.76. The minimum atomic E-state index is -0.400. The zero-order chi connectivity index (χ0) is 13.8. The lowest BCUT2D eigenvalue weighted by Crippen LogP contribution is -2.08. The minimum Gasteiger partial charge on any atom is -0.462 e. The average molecular weight is 259 g/mol. The maximum atomic E-state index is 11.9. The van der Waals surface area contributed by atoms with Crippen molar-refractivity contribution in [1.29, 1.82) is 0 Å². The van der Waals surface area contributed by atoms with Crippen molar-refractivity contribution >= 4 is 5.97 Å². The Morgan fingerprint density at radius 1 is 1.32 bits per heavy atom. The molecule has 1 heterocycles. The third kappa shape index (κ3) is 2.53. The summed E-state index contributed by atoms with van der Waals surface area (Å²) in [5.74, 6) is -0.400. The van der Waals surface area contributed by atoms with Crippen LogP contribution in [0.15, 0.2) is 30.3 Å². The van der Waals surface area contributed by atoms with Crippen molar-refractivity contribution < 1.29 is 14.6 Å². The summed E-state index contributed by atoms with van der Waals surface area (Å²) < 4.78 is 5.03. The van der Waals surface area contributed by atoms with Gasteiger partial charge in [-0.25, -0.2) is 4.79 Å². The molecular weight excluding hydrogens is 242 g/mol. The second-order valence-electron chi connectivity index (χ2n) is 4.22. The summed E-state index contributed by atoms with van der Waals surface area (Å²) in [5, 5.41) is 9.56. The molecule has 1 aromatic carbocycles. The molecule has 4 heteroatoms. The van der Waals surface area contributed by atoms with Crippen molar-refractivity contribution in [3.05, 3.63) is 47.2 Å². The van der Waals surface area contributed by atoms with E-state index in [1.165, 1.54) is 0 Å². The molecule has 100 valence electrons. The number of hydrogen-bond acceptors (Lipinski definition) is 3. The maximum absolute atomic E-state index is 11.9. The third-order valence-corrected chi connectivity index (χ3v) is 2.99. The zero-order valence-electron chi connectivity index (χ0n) is 11.1. The summed E-state index contributed by atoms with van der Waals surface area (Å²) in [5.41, 5.74) is 3.43. The number of benzene rings is 1.